The Balaban J connectivity index is 4.13. The van der Waals surface area contributed by atoms with Gasteiger partial charge in [-0.25, -0.2) is 0 Å². The molecule has 0 heterocycles. The second-order valence-electron chi connectivity index (χ2n) is 5.23. The van der Waals surface area contributed by atoms with Gasteiger partial charge in [0.15, 0.2) is 0 Å². The van der Waals surface area contributed by atoms with Crippen LogP contribution in [0.15, 0.2) is 0 Å². The average molecular weight is 217 g/mol. The molecule has 2 unspecified atom stereocenters. The van der Waals surface area contributed by atoms with E-state index in [9.17, 15) is 9.90 Å². The third-order valence-electron chi connectivity index (χ3n) is 2.82. The maximum absolute atomic E-state index is 10.4. The number of aliphatic hydroxyl groups is 1. The van der Waals surface area contributed by atoms with Gasteiger partial charge in [0.25, 0.3) is 0 Å². The van der Waals surface area contributed by atoms with E-state index < -0.39 is 12.1 Å². The third-order valence-corrected chi connectivity index (χ3v) is 2.82. The molecule has 0 spiro atoms. The van der Waals surface area contributed by atoms with Crippen molar-refractivity contribution in [1.82, 2.24) is 4.90 Å². The molecule has 2 atom stereocenters. The van der Waals surface area contributed by atoms with E-state index in [-0.39, 0.29) is 11.8 Å². The lowest BCUT2D eigenvalue weighted by molar-refractivity contribution is -0.139. The van der Waals surface area contributed by atoms with Gasteiger partial charge in [0.2, 0.25) is 0 Å². The zero-order valence-electron chi connectivity index (χ0n) is 10.3. The van der Waals surface area contributed by atoms with Gasteiger partial charge >= 0.3 is 5.97 Å². The van der Waals surface area contributed by atoms with Gasteiger partial charge in [-0.1, -0.05) is 20.8 Å². The summed E-state index contributed by atoms with van der Waals surface area (Å²) in [6.07, 6.45) is -0.987. The zero-order chi connectivity index (χ0) is 12.2. The molecule has 90 valence electrons. The molecule has 0 aliphatic carbocycles. The number of likely N-dealkylation sites (N-methyl/N-ethyl adjacent to an activating group) is 1. The van der Waals surface area contributed by atoms with Crippen LogP contribution in [0.25, 0.3) is 0 Å². The van der Waals surface area contributed by atoms with E-state index in [4.69, 9.17) is 5.11 Å². The molecule has 0 aliphatic heterocycles. The average Bonchev–Trinajstić information content (AvgIpc) is 1.99. The fourth-order valence-corrected chi connectivity index (χ4v) is 1.42. The number of hydrogen-bond donors (Lipinski definition) is 2. The fraction of sp³-hybridized carbons (Fsp3) is 0.909. The number of nitrogens with zero attached hydrogens (tertiary/aromatic N) is 1. The van der Waals surface area contributed by atoms with Crippen molar-refractivity contribution in [3.8, 4) is 0 Å². The highest BCUT2D eigenvalue weighted by atomic mass is 16.4. The lowest BCUT2D eigenvalue weighted by Crippen LogP contribution is -2.43. The summed E-state index contributed by atoms with van der Waals surface area (Å²) < 4.78 is 0. The largest absolute Gasteiger partial charge is 0.481 e. The molecule has 0 bridgehead atoms. The SMILES string of the molecule is CC(N(C)CC(O)CC(=O)O)C(C)(C)C. The van der Waals surface area contributed by atoms with E-state index in [0.717, 1.165) is 0 Å². The normalized spacial score (nSPS) is 16.5. The van der Waals surface area contributed by atoms with Crippen molar-refractivity contribution in [2.75, 3.05) is 13.6 Å². The number of carboxylic acid groups (broad SMARTS) is 1. The summed E-state index contributed by atoms with van der Waals surface area (Å²) >= 11 is 0. The summed E-state index contributed by atoms with van der Waals surface area (Å²) in [5.74, 6) is -0.959. The van der Waals surface area contributed by atoms with Gasteiger partial charge in [-0.15, -0.1) is 0 Å². The van der Waals surface area contributed by atoms with Gasteiger partial charge in [-0.05, 0) is 19.4 Å². The highest BCUT2D eigenvalue weighted by Crippen LogP contribution is 2.23. The van der Waals surface area contributed by atoms with Crippen molar-refractivity contribution in [3.05, 3.63) is 0 Å². The number of carboxylic acids is 1. The Morgan fingerprint density at radius 1 is 1.40 bits per heavy atom. The molecule has 0 saturated carbocycles. The summed E-state index contributed by atoms with van der Waals surface area (Å²) in [5.41, 5.74) is 0.123. The highest BCUT2D eigenvalue weighted by molar-refractivity contribution is 5.67. The first kappa shape index (κ1) is 14.4. The molecule has 0 aliphatic rings. The van der Waals surface area contributed by atoms with Gasteiger partial charge in [-0.3, -0.25) is 4.79 Å². The van der Waals surface area contributed by atoms with E-state index >= 15 is 0 Å². The van der Waals surface area contributed by atoms with Crippen LogP contribution in [0.2, 0.25) is 0 Å². The predicted molar refractivity (Wildman–Crippen MR) is 59.8 cm³/mol. The molecule has 0 fully saturated rings. The van der Waals surface area contributed by atoms with Crippen LogP contribution in [0, 0.1) is 5.41 Å². The Bertz CT molecular complexity index is 210. The molecule has 0 aromatic carbocycles. The van der Waals surface area contributed by atoms with E-state index in [2.05, 4.69) is 27.7 Å². The molecule has 0 saturated heterocycles. The Morgan fingerprint density at radius 2 is 1.87 bits per heavy atom. The van der Waals surface area contributed by atoms with Crippen LogP contribution < -0.4 is 0 Å². The Morgan fingerprint density at radius 3 is 2.20 bits per heavy atom. The maximum atomic E-state index is 10.4. The van der Waals surface area contributed by atoms with Crippen LogP contribution in [0.4, 0.5) is 0 Å². The number of hydrogen-bond acceptors (Lipinski definition) is 3. The third kappa shape index (κ3) is 5.74. The van der Waals surface area contributed by atoms with E-state index in [1.165, 1.54) is 0 Å². The molecule has 4 heteroatoms. The maximum Gasteiger partial charge on any atom is 0.306 e. The minimum Gasteiger partial charge on any atom is -0.481 e. The number of aliphatic carboxylic acids is 1. The molecule has 0 aromatic heterocycles. The molecular formula is C11H23NO3. The first-order valence-electron chi connectivity index (χ1n) is 5.24. The number of carbonyl (C=O) groups is 1. The summed E-state index contributed by atoms with van der Waals surface area (Å²) in [5, 5.41) is 18.0. The van der Waals surface area contributed by atoms with Crippen LogP contribution in [0.3, 0.4) is 0 Å². The number of aliphatic hydroxyl groups excluding tert-OH is 1. The minimum atomic E-state index is -0.959. The van der Waals surface area contributed by atoms with Gasteiger partial charge in [0, 0.05) is 12.6 Å². The standard InChI is InChI=1S/C11H23NO3/c1-8(11(2,3)4)12(5)7-9(13)6-10(14)15/h8-9,13H,6-7H2,1-5H3,(H,14,15). The second-order valence-corrected chi connectivity index (χ2v) is 5.23. The fourth-order valence-electron chi connectivity index (χ4n) is 1.42. The highest BCUT2D eigenvalue weighted by Gasteiger charge is 2.25. The minimum absolute atomic E-state index is 0.123. The second kappa shape index (κ2) is 5.47. The van der Waals surface area contributed by atoms with Crippen LogP contribution in [-0.4, -0.2) is 46.8 Å². The molecule has 15 heavy (non-hydrogen) atoms. The van der Waals surface area contributed by atoms with Gasteiger partial charge < -0.3 is 15.1 Å². The smallest absolute Gasteiger partial charge is 0.306 e. The summed E-state index contributed by atoms with van der Waals surface area (Å²) in [7, 11) is 1.90. The molecule has 4 nitrogen and oxygen atoms in total. The molecule has 0 radical (unpaired) electrons. The molecule has 0 rings (SSSR count). The van der Waals surface area contributed by atoms with Crippen molar-refractivity contribution < 1.29 is 15.0 Å². The lowest BCUT2D eigenvalue weighted by Gasteiger charge is -2.36. The van der Waals surface area contributed by atoms with Crippen molar-refractivity contribution >= 4 is 5.97 Å². The van der Waals surface area contributed by atoms with Gasteiger partial charge in [0.05, 0.1) is 12.5 Å². The van der Waals surface area contributed by atoms with Crippen molar-refractivity contribution in [2.24, 2.45) is 5.41 Å². The van der Waals surface area contributed by atoms with E-state index in [1.807, 2.05) is 11.9 Å². The zero-order valence-corrected chi connectivity index (χ0v) is 10.3. The van der Waals surface area contributed by atoms with Crippen molar-refractivity contribution in [3.63, 3.8) is 0 Å². The monoisotopic (exact) mass is 217 g/mol. The van der Waals surface area contributed by atoms with Gasteiger partial charge in [-0.2, -0.15) is 0 Å². The molecule has 0 amide bonds. The van der Waals surface area contributed by atoms with Crippen molar-refractivity contribution in [2.45, 2.75) is 46.3 Å². The van der Waals surface area contributed by atoms with Crippen LogP contribution in [0.5, 0.6) is 0 Å². The lowest BCUT2D eigenvalue weighted by atomic mass is 9.87. The summed E-state index contributed by atoms with van der Waals surface area (Å²) in [4.78, 5) is 12.4. The molecular weight excluding hydrogens is 194 g/mol. The number of rotatable bonds is 5. The van der Waals surface area contributed by atoms with E-state index in [1.54, 1.807) is 0 Å². The topological polar surface area (TPSA) is 60.8 Å². The van der Waals surface area contributed by atoms with E-state index in [0.29, 0.717) is 12.6 Å². The first-order chi connectivity index (χ1) is 6.64. The van der Waals surface area contributed by atoms with Crippen molar-refractivity contribution in [1.29, 1.82) is 0 Å². The Labute approximate surface area is 91.9 Å². The van der Waals surface area contributed by atoms with Crippen LogP contribution >= 0.6 is 0 Å². The summed E-state index contributed by atoms with van der Waals surface area (Å²) in [6.45, 7) is 8.84. The molecule has 2 N–H and O–H groups in total. The molecule has 0 aromatic rings. The van der Waals surface area contributed by atoms with Gasteiger partial charge in [0.1, 0.15) is 0 Å². The Hall–Kier alpha value is -0.610. The first-order valence-corrected chi connectivity index (χ1v) is 5.24. The predicted octanol–water partition coefficient (Wildman–Crippen LogP) is 1.19. The summed E-state index contributed by atoms with van der Waals surface area (Å²) in [6, 6.07) is 0.293. The quantitative estimate of drug-likeness (QED) is 0.726. The Kier molecular flexibility index (Phi) is 5.24. The van der Waals surface area contributed by atoms with Crippen LogP contribution in [0.1, 0.15) is 34.1 Å². The van der Waals surface area contributed by atoms with Crippen LogP contribution in [-0.2, 0) is 4.79 Å².